The molecule has 0 bridgehead atoms. The first-order chi connectivity index (χ1) is 13.4. The third-order valence-corrected chi connectivity index (χ3v) is 4.72. The summed E-state index contributed by atoms with van der Waals surface area (Å²) < 4.78 is 16.1. The van der Waals surface area contributed by atoms with Crippen molar-refractivity contribution in [2.75, 3.05) is 20.3 Å². The second-order valence-electron chi connectivity index (χ2n) is 6.58. The van der Waals surface area contributed by atoms with Crippen LogP contribution >= 0.6 is 0 Å². The number of fused-ring (bicyclic) bond motifs is 3. The molecule has 3 heterocycles. The number of ether oxygens (including phenoxy) is 2. The van der Waals surface area contributed by atoms with E-state index in [4.69, 9.17) is 9.47 Å². The Hall–Kier alpha value is -2.88. The molecule has 3 rings (SSSR count). The van der Waals surface area contributed by atoms with Gasteiger partial charge in [0.2, 0.25) is 5.78 Å². The topological polar surface area (TPSA) is 102 Å². The lowest BCUT2D eigenvalue weighted by molar-refractivity contribution is -0.143. The quantitative estimate of drug-likeness (QED) is 0.408. The molecule has 0 amide bonds. The van der Waals surface area contributed by atoms with Crippen molar-refractivity contribution in [2.24, 2.45) is 7.05 Å². The maximum atomic E-state index is 13.0. The van der Waals surface area contributed by atoms with Crippen LogP contribution in [-0.2, 0) is 34.4 Å². The summed E-state index contributed by atoms with van der Waals surface area (Å²) in [6.45, 7) is 5.16. The number of hydrogen-bond acceptors (Lipinski definition) is 6. The van der Waals surface area contributed by atoms with Crippen LogP contribution < -0.4 is 11.2 Å². The standard InChI is InChI=1S/C18H25N5O5/c1-5-28-13(24)7-9-22-16(25)14-15(20(3)18(22)26)19-17-21(8-6-10-27-4)12(2)11-23(14)17/h11H,5-10H2,1-4H3. The Balaban J connectivity index is 2.12. The second kappa shape index (κ2) is 8.01. The summed E-state index contributed by atoms with van der Waals surface area (Å²) in [6, 6.07) is 0. The minimum atomic E-state index is -0.509. The summed E-state index contributed by atoms with van der Waals surface area (Å²) >= 11 is 0. The second-order valence-corrected chi connectivity index (χ2v) is 6.58. The van der Waals surface area contributed by atoms with E-state index in [1.54, 1.807) is 25.5 Å². The van der Waals surface area contributed by atoms with Gasteiger partial charge in [0.1, 0.15) is 0 Å². The molecule has 28 heavy (non-hydrogen) atoms. The summed E-state index contributed by atoms with van der Waals surface area (Å²) in [6.07, 6.45) is 2.58. The summed E-state index contributed by atoms with van der Waals surface area (Å²) in [5.41, 5.74) is 0.605. The number of nitrogens with zero attached hydrogens (tertiary/aromatic N) is 5. The molecule has 0 aromatic carbocycles. The Morgan fingerprint density at radius 3 is 2.64 bits per heavy atom. The molecule has 152 valence electrons. The SMILES string of the molecule is CCOC(=O)CCn1c(=O)c2c(nc3n(CCCOC)c(C)cn23)n(C)c1=O. The maximum absolute atomic E-state index is 13.0. The summed E-state index contributed by atoms with van der Waals surface area (Å²) in [4.78, 5) is 41.9. The van der Waals surface area contributed by atoms with Gasteiger partial charge in [0.15, 0.2) is 11.2 Å². The molecule has 0 fully saturated rings. The molecule has 0 atom stereocenters. The molecule has 3 aromatic heterocycles. The molecule has 3 aromatic rings. The number of hydrogen-bond donors (Lipinski definition) is 0. The van der Waals surface area contributed by atoms with E-state index in [0.717, 1.165) is 16.7 Å². The lowest BCUT2D eigenvalue weighted by Gasteiger charge is -2.07. The first-order valence-electron chi connectivity index (χ1n) is 9.23. The lowest BCUT2D eigenvalue weighted by atomic mass is 10.4. The summed E-state index contributed by atoms with van der Waals surface area (Å²) in [7, 11) is 3.22. The molecule has 0 radical (unpaired) electrons. The molecule has 10 nitrogen and oxygen atoms in total. The average molecular weight is 391 g/mol. The van der Waals surface area contributed by atoms with Gasteiger partial charge in [0.05, 0.1) is 13.0 Å². The summed E-state index contributed by atoms with van der Waals surface area (Å²) in [5.74, 6) is 0.147. The Labute approximate surface area is 160 Å². The Morgan fingerprint density at radius 1 is 1.21 bits per heavy atom. The van der Waals surface area contributed by atoms with E-state index in [2.05, 4.69) is 4.98 Å². The maximum Gasteiger partial charge on any atom is 0.332 e. The van der Waals surface area contributed by atoms with Gasteiger partial charge in [0, 0.05) is 45.7 Å². The van der Waals surface area contributed by atoms with Crippen LogP contribution in [0.5, 0.6) is 0 Å². The first kappa shape index (κ1) is 19.9. The molecular formula is C18H25N5O5. The number of aryl methyl sites for hydroxylation is 3. The molecule has 0 aliphatic carbocycles. The van der Waals surface area contributed by atoms with Crippen LogP contribution in [0.15, 0.2) is 15.8 Å². The molecule has 0 aliphatic heterocycles. The van der Waals surface area contributed by atoms with Gasteiger partial charge in [-0.15, -0.1) is 0 Å². The smallest absolute Gasteiger partial charge is 0.332 e. The third kappa shape index (κ3) is 3.35. The minimum Gasteiger partial charge on any atom is -0.466 e. The lowest BCUT2D eigenvalue weighted by Crippen LogP contribution is -2.39. The van der Waals surface area contributed by atoms with Crippen molar-refractivity contribution >= 4 is 22.9 Å². The zero-order chi connectivity index (χ0) is 20.4. The number of imidazole rings is 2. The molecular weight excluding hydrogens is 366 g/mol. The van der Waals surface area contributed by atoms with Crippen molar-refractivity contribution in [3.63, 3.8) is 0 Å². The van der Waals surface area contributed by atoms with E-state index in [9.17, 15) is 14.4 Å². The Kier molecular flexibility index (Phi) is 5.68. The van der Waals surface area contributed by atoms with Crippen LogP contribution in [-0.4, -0.2) is 49.4 Å². The Morgan fingerprint density at radius 2 is 1.96 bits per heavy atom. The molecule has 0 unspecified atom stereocenters. The van der Waals surface area contributed by atoms with Crippen LogP contribution in [0.3, 0.4) is 0 Å². The predicted molar refractivity (Wildman–Crippen MR) is 103 cm³/mol. The van der Waals surface area contributed by atoms with E-state index in [1.807, 2.05) is 17.7 Å². The Bertz CT molecular complexity index is 1130. The molecule has 0 saturated carbocycles. The highest BCUT2D eigenvalue weighted by atomic mass is 16.5. The molecule has 0 aliphatic rings. The highest BCUT2D eigenvalue weighted by molar-refractivity contribution is 5.75. The van der Waals surface area contributed by atoms with E-state index in [0.29, 0.717) is 30.1 Å². The molecule has 0 spiro atoms. The number of aromatic nitrogens is 5. The first-order valence-corrected chi connectivity index (χ1v) is 9.23. The van der Waals surface area contributed by atoms with Gasteiger partial charge in [0.25, 0.3) is 5.56 Å². The minimum absolute atomic E-state index is 0.0406. The van der Waals surface area contributed by atoms with Crippen LogP contribution in [0, 0.1) is 6.92 Å². The summed E-state index contributed by atoms with van der Waals surface area (Å²) in [5, 5.41) is 0. The average Bonchev–Trinajstić information content (AvgIpc) is 3.16. The third-order valence-electron chi connectivity index (χ3n) is 4.72. The van der Waals surface area contributed by atoms with Crippen molar-refractivity contribution in [2.45, 2.75) is 39.8 Å². The molecule has 0 N–H and O–H groups in total. The van der Waals surface area contributed by atoms with Crippen LogP contribution in [0.25, 0.3) is 16.9 Å². The normalized spacial score (nSPS) is 11.6. The monoisotopic (exact) mass is 391 g/mol. The highest BCUT2D eigenvalue weighted by Gasteiger charge is 2.20. The number of methoxy groups -OCH3 is 1. The van der Waals surface area contributed by atoms with E-state index in [1.165, 1.54) is 4.57 Å². The van der Waals surface area contributed by atoms with Crippen molar-refractivity contribution in [1.29, 1.82) is 0 Å². The van der Waals surface area contributed by atoms with Gasteiger partial charge in [-0.1, -0.05) is 0 Å². The fraction of sp³-hybridized carbons (Fsp3) is 0.556. The van der Waals surface area contributed by atoms with Gasteiger partial charge in [-0.3, -0.25) is 23.1 Å². The molecule has 0 saturated heterocycles. The fourth-order valence-corrected chi connectivity index (χ4v) is 3.33. The van der Waals surface area contributed by atoms with E-state index in [-0.39, 0.29) is 19.6 Å². The zero-order valence-electron chi connectivity index (χ0n) is 16.6. The van der Waals surface area contributed by atoms with Crippen LogP contribution in [0.1, 0.15) is 25.5 Å². The van der Waals surface area contributed by atoms with Crippen LogP contribution in [0.4, 0.5) is 0 Å². The number of carbonyl (C=O) groups is 1. The number of carbonyl (C=O) groups excluding carboxylic acids is 1. The van der Waals surface area contributed by atoms with Gasteiger partial charge >= 0.3 is 11.7 Å². The van der Waals surface area contributed by atoms with Gasteiger partial charge < -0.3 is 14.0 Å². The number of esters is 1. The van der Waals surface area contributed by atoms with Gasteiger partial charge in [-0.05, 0) is 20.3 Å². The van der Waals surface area contributed by atoms with Crippen LogP contribution in [0.2, 0.25) is 0 Å². The predicted octanol–water partition coefficient (Wildman–Crippen LogP) is 0.448. The number of rotatable bonds is 8. The van der Waals surface area contributed by atoms with Crippen molar-refractivity contribution < 1.29 is 14.3 Å². The molecule has 10 heteroatoms. The largest absolute Gasteiger partial charge is 0.466 e. The zero-order valence-corrected chi connectivity index (χ0v) is 16.6. The van der Waals surface area contributed by atoms with Gasteiger partial charge in [-0.25, -0.2) is 4.79 Å². The van der Waals surface area contributed by atoms with Gasteiger partial charge in [-0.2, -0.15) is 4.98 Å². The van der Waals surface area contributed by atoms with E-state index >= 15 is 0 Å². The fourth-order valence-electron chi connectivity index (χ4n) is 3.33. The van der Waals surface area contributed by atoms with Crippen molar-refractivity contribution in [1.82, 2.24) is 23.1 Å². The van der Waals surface area contributed by atoms with Crippen molar-refractivity contribution in [3.8, 4) is 0 Å². The van der Waals surface area contributed by atoms with E-state index < -0.39 is 17.2 Å². The highest BCUT2D eigenvalue weighted by Crippen LogP contribution is 2.16. The van der Waals surface area contributed by atoms with Crippen molar-refractivity contribution in [3.05, 3.63) is 32.7 Å².